The minimum atomic E-state index is -0.847. The van der Waals surface area contributed by atoms with Crippen molar-refractivity contribution in [3.05, 3.63) is 65.7 Å². The van der Waals surface area contributed by atoms with Crippen LogP contribution in [0.5, 0.6) is 5.75 Å². The molecular weight excluding hydrogens is 318 g/mol. The normalized spacial score (nSPS) is 13.7. The molecule has 0 saturated heterocycles. The fraction of sp³-hybridized carbons (Fsp3) is 0.400. The zero-order valence-corrected chi connectivity index (χ0v) is 15.5. The zero-order chi connectivity index (χ0) is 17.4. The van der Waals surface area contributed by atoms with Crippen molar-refractivity contribution in [1.29, 1.82) is 0 Å². The number of hydrogen-bond donors (Lipinski definition) is 1. The third kappa shape index (κ3) is 6.46. The van der Waals surface area contributed by atoms with Crippen LogP contribution in [-0.4, -0.2) is 22.8 Å². The minimum absolute atomic E-state index is 0.0916. The van der Waals surface area contributed by atoms with Gasteiger partial charge in [-0.1, -0.05) is 56.3 Å². The summed E-state index contributed by atoms with van der Waals surface area (Å²) in [5.41, 5.74) is 2.36. The second-order valence-electron chi connectivity index (χ2n) is 6.43. The summed E-state index contributed by atoms with van der Waals surface area (Å²) < 4.78 is 17.4. The topological polar surface area (TPSA) is 38.3 Å². The molecule has 4 heteroatoms. The molecule has 0 aliphatic carbocycles. The highest BCUT2D eigenvalue weighted by Gasteiger charge is 2.12. The Morgan fingerprint density at radius 2 is 1.71 bits per heavy atom. The molecule has 130 valence electrons. The fourth-order valence-corrected chi connectivity index (χ4v) is 3.18. The van der Waals surface area contributed by atoms with E-state index in [9.17, 15) is 4.21 Å². The third-order valence-corrected chi connectivity index (χ3v) is 4.47. The summed E-state index contributed by atoms with van der Waals surface area (Å²) in [6, 6.07) is 18.5. The van der Waals surface area contributed by atoms with Crippen LogP contribution in [0.4, 0.5) is 0 Å². The largest absolute Gasteiger partial charge is 0.493 e. The molecule has 2 aromatic rings. The van der Waals surface area contributed by atoms with Gasteiger partial charge in [-0.2, -0.15) is 0 Å². The van der Waals surface area contributed by atoms with Crippen LogP contribution in [-0.2, 0) is 17.3 Å². The van der Waals surface area contributed by atoms with Crippen LogP contribution in [0.1, 0.15) is 31.0 Å². The van der Waals surface area contributed by atoms with Crippen molar-refractivity contribution in [3.63, 3.8) is 0 Å². The van der Waals surface area contributed by atoms with Crippen molar-refractivity contribution >= 4 is 10.8 Å². The van der Waals surface area contributed by atoms with E-state index >= 15 is 0 Å². The summed E-state index contributed by atoms with van der Waals surface area (Å²) in [7, 11) is -0.847. The summed E-state index contributed by atoms with van der Waals surface area (Å²) in [6.07, 6.45) is 1.75. The maximum atomic E-state index is 11.7. The van der Waals surface area contributed by atoms with Gasteiger partial charge in [0, 0.05) is 35.4 Å². The Labute approximate surface area is 147 Å². The lowest BCUT2D eigenvalue weighted by atomic mass is 10.1. The molecule has 0 saturated carbocycles. The highest BCUT2D eigenvalue weighted by molar-refractivity contribution is 7.84. The molecule has 0 aliphatic heterocycles. The molecule has 2 rings (SSSR count). The van der Waals surface area contributed by atoms with E-state index in [2.05, 4.69) is 43.4 Å². The van der Waals surface area contributed by atoms with Gasteiger partial charge in [0.2, 0.25) is 0 Å². The van der Waals surface area contributed by atoms with E-state index in [0.29, 0.717) is 11.7 Å². The lowest BCUT2D eigenvalue weighted by Gasteiger charge is -2.18. The van der Waals surface area contributed by atoms with Crippen molar-refractivity contribution in [1.82, 2.24) is 5.32 Å². The molecule has 24 heavy (non-hydrogen) atoms. The first kappa shape index (κ1) is 18.7. The van der Waals surface area contributed by atoms with Gasteiger partial charge < -0.3 is 10.1 Å². The van der Waals surface area contributed by atoms with E-state index < -0.39 is 10.8 Å². The predicted molar refractivity (Wildman–Crippen MR) is 102 cm³/mol. The first-order valence-corrected chi connectivity index (χ1v) is 10.1. The summed E-state index contributed by atoms with van der Waals surface area (Å²) in [5.74, 6) is 2.04. The van der Waals surface area contributed by atoms with Crippen molar-refractivity contribution < 1.29 is 8.95 Å². The van der Waals surface area contributed by atoms with Gasteiger partial charge in [0.05, 0.1) is 6.61 Å². The van der Waals surface area contributed by atoms with E-state index in [1.165, 1.54) is 11.1 Å². The van der Waals surface area contributed by atoms with Gasteiger partial charge in [0.25, 0.3) is 0 Å². The van der Waals surface area contributed by atoms with Crippen LogP contribution in [0, 0.1) is 5.92 Å². The van der Waals surface area contributed by atoms with Gasteiger partial charge >= 0.3 is 0 Å². The van der Waals surface area contributed by atoms with Crippen molar-refractivity contribution in [3.8, 4) is 5.75 Å². The van der Waals surface area contributed by atoms with Crippen LogP contribution < -0.4 is 10.1 Å². The third-order valence-electron chi connectivity index (χ3n) is 3.66. The standard InChI is InChI=1S/C20H27NO2S/c1-16(2)14-23-19-11-9-17(10-12-19)13-21-20(15-24(3)22)18-7-5-4-6-8-18/h4-12,16,20-21H,13-15H2,1-3H3/t20-,24+/m1/s1. The van der Waals surface area contributed by atoms with E-state index in [1.807, 2.05) is 30.3 Å². The average Bonchev–Trinajstić information content (AvgIpc) is 2.58. The van der Waals surface area contributed by atoms with Crippen LogP contribution >= 0.6 is 0 Å². The van der Waals surface area contributed by atoms with E-state index in [1.54, 1.807) is 6.26 Å². The summed E-state index contributed by atoms with van der Waals surface area (Å²) in [6.45, 7) is 5.75. The second-order valence-corrected chi connectivity index (χ2v) is 7.91. The molecule has 0 unspecified atom stereocenters. The van der Waals surface area contributed by atoms with Crippen molar-refractivity contribution in [2.45, 2.75) is 26.4 Å². The molecule has 2 aromatic carbocycles. The quantitative estimate of drug-likeness (QED) is 0.748. The van der Waals surface area contributed by atoms with Crippen LogP contribution in [0.25, 0.3) is 0 Å². The molecule has 0 heterocycles. The van der Waals surface area contributed by atoms with Crippen molar-refractivity contribution in [2.75, 3.05) is 18.6 Å². The van der Waals surface area contributed by atoms with Gasteiger partial charge in [-0.15, -0.1) is 0 Å². The predicted octanol–water partition coefficient (Wildman–Crippen LogP) is 3.93. The lowest BCUT2D eigenvalue weighted by Crippen LogP contribution is -2.25. The Hall–Kier alpha value is -1.65. The molecule has 0 spiro atoms. The maximum absolute atomic E-state index is 11.7. The summed E-state index contributed by atoms with van der Waals surface area (Å²) >= 11 is 0. The van der Waals surface area contributed by atoms with Gasteiger partial charge in [-0.25, -0.2) is 0 Å². The Morgan fingerprint density at radius 3 is 2.29 bits per heavy atom. The van der Waals surface area contributed by atoms with Gasteiger partial charge in [-0.3, -0.25) is 4.21 Å². The van der Waals surface area contributed by atoms with Crippen LogP contribution in [0.3, 0.4) is 0 Å². The highest BCUT2D eigenvalue weighted by atomic mass is 32.2. The number of benzene rings is 2. The minimum Gasteiger partial charge on any atom is -0.493 e. The molecule has 2 atom stereocenters. The lowest BCUT2D eigenvalue weighted by molar-refractivity contribution is 0.271. The molecule has 0 amide bonds. The van der Waals surface area contributed by atoms with Gasteiger partial charge in [0.1, 0.15) is 5.75 Å². The van der Waals surface area contributed by atoms with Crippen LogP contribution in [0.15, 0.2) is 54.6 Å². The zero-order valence-electron chi connectivity index (χ0n) is 14.7. The van der Waals surface area contributed by atoms with Crippen LogP contribution in [0.2, 0.25) is 0 Å². The Kier molecular flexibility index (Phi) is 7.47. The SMILES string of the molecule is CC(C)COc1ccc(CN[C@H](C[S@](C)=O)c2ccccc2)cc1. The first-order chi connectivity index (χ1) is 11.5. The van der Waals surface area contributed by atoms with E-state index in [0.717, 1.165) is 18.9 Å². The Balaban J connectivity index is 1.95. The molecule has 0 aromatic heterocycles. The molecule has 0 bridgehead atoms. The molecule has 0 aliphatic rings. The first-order valence-electron chi connectivity index (χ1n) is 8.34. The Morgan fingerprint density at radius 1 is 1.04 bits per heavy atom. The van der Waals surface area contributed by atoms with Gasteiger partial charge in [-0.05, 0) is 29.2 Å². The molecule has 0 radical (unpaired) electrons. The van der Waals surface area contributed by atoms with E-state index in [-0.39, 0.29) is 6.04 Å². The van der Waals surface area contributed by atoms with E-state index in [4.69, 9.17) is 4.74 Å². The molecule has 3 nitrogen and oxygen atoms in total. The average molecular weight is 346 g/mol. The molecule has 0 fully saturated rings. The second kappa shape index (κ2) is 9.60. The summed E-state index contributed by atoms with van der Waals surface area (Å²) in [5, 5.41) is 3.52. The maximum Gasteiger partial charge on any atom is 0.119 e. The number of rotatable bonds is 9. The number of ether oxygens (including phenoxy) is 1. The Bertz CT molecular complexity index is 626. The van der Waals surface area contributed by atoms with Gasteiger partial charge in [0.15, 0.2) is 0 Å². The molecular formula is C20H27NO2S. The fourth-order valence-electron chi connectivity index (χ4n) is 2.40. The monoisotopic (exact) mass is 345 g/mol. The highest BCUT2D eigenvalue weighted by Crippen LogP contribution is 2.17. The van der Waals surface area contributed by atoms with Crippen molar-refractivity contribution in [2.24, 2.45) is 5.92 Å². The smallest absolute Gasteiger partial charge is 0.119 e. The summed E-state index contributed by atoms with van der Waals surface area (Å²) in [4.78, 5) is 0. The number of hydrogen-bond acceptors (Lipinski definition) is 3. The molecule has 1 N–H and O–H groups in total. The number of nitrogens with one attached hydrogen (secondary N) is 1.